The number of nitrogens with one attached hydrogen (secondary N) is 1. The number of aliphatic hydroxyl groups excluding tert-OH is 1. The Morgan fingerprint density at radius 1 is 1.11 bits per heavy atom. The summed E-state index contributed by atoms with van der Waals surface area (Å²) in [5, 5.41) is 12.0. The molecule has 2 aliphatic heterocycles. The van der Waals surface area contributed by atoms with Crippen molar-refractivity contribution in [3.63, 3.8) is 0 Å². The van der Waals surface area contributed by atoms with Gasteiger partial charge in [-0.25, -0.2) is 9.59 Å². The lowest BCUT2D eigenvalue weighted by molar-refractivity contribution is -0.139. The minimum Gasteiger partial charge on any atom is -0.394 e. The average Bonchev–Trinajstić information content (AvgIpc) is 2.91. The fourth-order valence-electron chi connectivity index (χ4n) is 4.76. The van der Waals surface area contributed by atoms with Gasteiger partial charge in [0.15, 0.2) is 0 Å². The molecule has 206 valence electrons. The van der Waals surface area contributed by atoms with Crippen molar-refractivity contribution in [3.8, 4) is 5.69 Å². The van der Waals surface area contributed by atoms with E-state index in [0.29, 0.717) is 37.9 Å². The van der Waals surface area contributed by atoms with Crippen molar-refractivity contribution >= 4 is 17.8 Å². The molecule has 0 saturated carbocycles. The maximum atomic E-state index is 12.8. The molecule has 1 aromatic carbocycles. The Balaban J connectivity index is 1.35. The summed E-state index contributed by atoms with van der Waals surface area (Å²) in [5.41, 5.74) is 13.0. The van der Waals surface area contributed by atoms with Gasteiger partial charge >= 0.3 is 11.7 Å². The van der Waals surface area contributed by atoms with Crippen LogP contribution >= 0.6 is 0 Å². The maximum Gasteiger partial charge on any atom is 0.354 e. The second-order valence-electron chi connectivity index (χ2n) is 10.5. The summed E-state index contributed by atoms with van der Waals surface area (Å²) < 4.78 is 1.45. The van der Waals surface area contributed by atoms with Gasteiger partial charge in [-0.05, 0) is 69.1 Å². The Morgan fingerprint density at radius 2 is 1.76 bits per heavy atom. The van der Waals surface area contributed by atoms with Gasteiger partial charge in [0.25, 0.3) is 0 Å². The van der Waals surface area contributed by atoms with Gasteiger partial charge in [-0.3, -0.25) is 19.6 Å². The minimum atomic E-state index is -1.35. The molecule has 2 fully saturated rings. The van der Waals surface area contributed by atoms with Crippen molar-refractivity contribution in [1.29, 1.82) is 0 Å². The largest absolute Gasteiger partial charge is 0.394 e. The van der Waals surface area contributed by atoms with Crippen LogP contribution in [0.4, 0.5) is 10.6 Å². The van der Waals surface area contributed by atoms with Crippen molar-refractivity contribution in [3.05, 3.63) is 52.1 Å². The number of aliphatic hydroxyl groups is 1. The molecule has 12 nitrogen and oxygen atoms in total. The van der Waals surface area contributed by atoms with E-state index in [1.165, 1.54) is 22.0 Å². The predicted molar refractivity (Wildman–Crippen MR) is 144 cm³/mol. The Labute approximate surface area is 222 Å². The quantitative estimate of drug-likeness (QED) is 0.404. The van der Waals surface area contributed by atoms with Gasteiger partial charge in [0.1, 0.15) is 11.4 Å². The van der Waals surface area contributed by atoms with E-state index in [9.17, 15) is 19.5 Å². The van der Waals surface area contributed by atoms with Gasteiger partial charge in [-0.1, -0.05) is 6.07 Å². The van der Waals surface area contributed by atoms with Gasteiger partial charge in [0.2, 0.25) is 5.91 Å². The number of carbonyl (C=O) groups excluding carboxylic acids is 2. The number of hydrogen-bond acceptors (Lipinski definition) is 8. The van der Waals surface area contributed by atoms with Gasteiger partial charge in [0.05, 0.1) is 12.3 Å². The summed E-state index contributed by atoms with van der Waals surface area (Å²) in [6.45, 7) is 7.08. The number of benzene rings is 1. The van der Waals surface area contributed by atoms with Crippen LogP contribution in [0, 0.1) is 6.92 Å². The smallest absolute Gasteiger partial charge is 0.354 e. The van der Waals surface area contributed by atoms with E-state index in [1.807, 2.05) is 25.1 Å². The number of likely N-dealkylation sites (tertiary alicyclic amines) is 1. The number of nitrogens with zero attached hydrogens (tertiary/aromatic N) is 5. The number of anilines is 1. The molecule has 38 heavy (non-hydrogen) atoms. The summed E-state index contributed by atoms with van der Waals surface area (Å²) in [5.74, 6) is -0.203. The molecule has 0 spiro atoms. The highest BCUT2D eigenvalue weighted by molar-refractivity contribution is 5.89. The van der Waals surface area contributed by atoms with Crippen molar-refractivity contribution in [2.75, 3.05) is 51.2 Å². The molecule has 6 N–H and O–H groups in total. The summed E-state index contributed by atoms with van der Waals surface area (Å²) in [6.07, 6.45) is 3.61. The highest BCUT2D eigenvalue weighted by Crippen LogP contribution is 2.19. The van der Waals surface area contributed by atoms with Crippen LogP contribution in [0.3, 0.4) is 0 Å². The second kappa shape index (κ2) is 11.6. The van der Waals surface area contributed by atoms with Crippen LogP contribution in [0.2, 0.25) is 0 Å². The number of aryl methyl sites for hydroxylation is 1. The Bertz CT molecular complexity index is 1210. The Kier molecular flexibility index (Phi) is 8.46. The molecule has 2 aliphatic rings. The molecule has 1 aromatic heterocycles. The molecule has 1 unspecified atom stereocenters. The molecule has 2 aromatic rings. The van der Waals surface area contributed by atoms with E-state index in [2.05, 4.69) is 15.2 Å². The summed E-state index contributed by atoms with van der Waals surface area (Å²) in [7, 11) is 0. The topological polar surface area (TPSA) is 163 Å². The van der Waals surface area contributed by atoms with Crippen molar-refractivity contribution in [1.82, 2.24) is 24.3 Å². The second-order valence-corrected chi connectivity index (χ2v) is 10.5. The maximum absolute atomic E-state index is 12.8. The Hall–Kier alpha value is -3.32. The fourth-order valence-corrected chi connectivity index (χ4v) is 4.76. The van der Waals surface area contributed by atoms with E-state index in [1.54, 1.807) is 17.2 Å². The van der Waals surface area contributed by atoms with Crippen LogP contribution in [0.5, 0.6) is 0 Å². The molecule has 4 rings (SSSR count). The number of hydrogen-bond donors (Lipinski definition) is 4. The van der Waals surface area contributed by atoms with E-state index in [0.717, 1.165) is 38.0 Å². The first kappa shape index (κ1) is 27.7. The lowest BCUT2D eigenvalue weighted by Crippen LogP contribution is -2.60. The highest BCUT2D eigenvalue weighted by atomic mass is 16.3. The number of amides is 3. The molecular formula is C26H38N8O4. The third-order valence-corrected chi connectivity index (χ3v) is 7.34. The molecule has 0 bridgehead atoms. The van der Waals surface area contributed by atoms with Gasteiger partial charge in [-0.2, -0.15) is 4.98 Å². The number of piperidine rings is 1. The van der Waals surface area contributed by atoms with E-state index in [4.69, 9.17) is 11.5 Å². The minimum absolute atomic E-state index is 0.154. The van der Waals surface area contributed by atoms with Gasteiger partial charge in [-0.15, -0.1) is 0 Å². The third kappa shape index (κ3) is 6.38. The number of aromatic nitrogens is 2. The number of rotatable bonds is 6. The first-order valence-corrected chi connectivity index (χ1v) is 13.0. The standard InChI is InChI=1S/C26H38N8O4/c1-18-15-21(4-3-19(18)16-31-8-5-20(27)6-9-31)34-10-7-22(30-25(34)38)29-24(37)33-13-11-32(12-14-33)23(36)26(2,28)17-35/h3-4,7,10,15,20,35H,5-6,8-9,11-14,16-17,27-28H2,1-2H3,(H,29,30,37,38). The van der Waals surface area contributed by atoms with Crippen LogP contribution in [0.1, 0.15) is 30.9 Å². The van der Waals surface area contributed by atoms with Crippen LogP contribution < -0.4 is 22.5 Å². The first-order valence-electron chi connectivity index (χ1n) is 13.0. The molecule has 1 atom stereocenters. The molecular weight excluding hydrogens is 488 g/mol. The number of nitrogens with two attached hydrogens (primary N) is 2. The SMILES string of the molecule is Cc1cc(-n2ccc(NC(=O)N3CCN(C(=O)C(C)(N)CO)CC3)nc2=O)ccc1CN1CCC(N)CC1. The van der Waals surface area contributed by atoms with Crippen molar-refractivity contribution in [2.24, 2.45) is 11.5 Å². The number of carbonyl (C=O) groups is 2. The zero-order chi connectivity index (χ0) is 27.4. The van der Waals surface area contributed by atoms with Crippen molar-refractivity contribution in [2.45, 2.75) is 44.8 Å². The number of urea groups is 1. The van der Waals surface area contributed by atoms with Gasteiger partial charge < -0.3 is 26.4 Å². The zero-order valence-electron chi connectivity index (χ0n) is 22.1. The van der Waals surface area contributed by atoms with E-state index < -0.39 is 23.9 Å². The monoisotopic (exact) mass is 526 g/mol. The van der Waals surface area contributed by atoms with E-state index >= 15 is 0 Å². The predicted octanol–water partition coefficient (Wildman–Crippen LogP) is -0.150. The molecule has 12 heteroatoms. The highest BCUT2D eigenvalue weighted by Gasteiger charge is 2.34. The number of piperazine rings is 1. The summed E-state index contributed by atoms with van der Waals surface area (Å²) in [4.78, 5) is 47.4. The third-order valence-electron chi connectivity index (χ3n) is 7.34. The lowest BCUT2D eigenvalue weighted by Gasteiger charge is -2.37. The first-order chi connectivity index (χ1) is 18.1. The van der Waals surface area contributed by atoms with Crippen LogP contribution in [0.25, 0.3) is 5.69 Å². The Morgan fingerprint density at radius 3 is 2.37 bits per heavy atom. The average molecular weight is 527 g/mol. The summed E-state index contributed by atoms with van der Waals surface area (Å²) in [6, 6.07) is 7.39. The fraction of sp³-hybridized carbons (Fsp3) is 0.538. The summed E-state index contributed by atoms with van der Waals surface area (Å²) >= 11 is 0. The van der Waals surface area contributed by atoms with E-state index in [-0.39, 0.29) is 11.7 Å². The molecule has 3 heterocycles. The van der Waals surface area contributed by atoms with Gasteiger partial charge in [0, 0.05) is 45.0 Å². The van der Waals surface area contributed by atoms with Crippen LogP contribution in [-0.4, -0.2) is 98.8 Å². The molecule has 0 aliphatic carbocycles. The molecule has 2 saturated heterocycles. The normalized spacial score (nSPS) is 18.8. The van der Waals surface area contributed by atoms with Crippen molar-refractivity contribution < 1.29 is 14.7 Å². The van der Waals surface area contributed by atoms with Crippen LogP contribution in [-0.2, 0) is 11.3 Å². The molecule has 0 radical (unpaired) electrons. The molecule has 3 amide bonds. The lowest BCUT2D eigenvalue weighted by atomic mass is 10.0. The van der Waals surface area contributed by atoms with Crippen LogP contribution in [0.15, 0.2) is 35.3 Å². The zero-order valence-corrected chi connectivity index (χ0v) is 22.1.